The molecule has 1 aliphatic heterocycles. The number of ether oxygens (including phenoxy) is 1. The van der Waals surface area contributed by atoms with Crippen molar-refractivity contribution in [1.29, 1.82) is 0 Å². The molecule has 0 aromatic carbocycles. The van der Waals surface area contributed by atoms with E-state index in [2.05, 4.69) is 15.3 Å². The largest absolute Gasteiger partial charge is 0.460 e. The summed E-state index contributed by atoms with van der Waals surface area (Å²) >= 11 is 5.76. The molecule has 0 radical (unpaired) electrons. The van der Waals surface area contributed by atoms with Gasteiger partial charge in [-0.05, 0) is 12.8 Å². The second-order valence-electron chi connectivity index (χ2n) is 6.27. The summed E-state index contributed by atoms with van der Waals surface area (Å²) in [5.41, 5.74) is 0. The number of urea groups is 1. The van der Waals surface area contributed by atoms with Crippen molar-refractivity contribution < 1.29 is 9.53 Å². The van der Waals surface area contributed by atoms with Gasteiger partial charge in [-0.25, -0.2) is 14.8 Å². The topological polar surface area (TPSA) is 67.4 Å². The van der Waals surface area contributed by atoms with Gasteiger partial charge in [-0.3, -0.25) is 0 Å². The Morgan fingerprint density at radius 2 is 1.78 bits per heavy atom. The number of aromatic nitrogens is 2. The van der Waals surface area contributed by atoms with Gasteiger partial charge in [0.05, 0.1) is 17.4 Å². The van der Waals surface area contributed by atoms with E-state index in [0.29, 0.717) is 30.2 Å². The van der Waals surface area contributed by atoms with Gasteiger partial charge in [0.2, 0.25) is 0 Å². The molecule has 1 saturated carbocycles. The fourth-order valence-corrected chi connectivity index (χ4v) is 3.30. The third-order valence-electron chi connectivity index (χ3n) is 4.53. The van der Waals surface area contributed by atoms with Crippen molar-refractivity contribution in [2.24, 2.45) is 0 Å². The molecule has 7 heteroatoms. The second-order valence-corrected chi connectivity index (χ2v) is 6.71. The lowest BCUT2D eigenvalue weighted by Gasteiger charge is -2.33. The quantitative estimate of drug-likeness (QED) is 0.920. The Labute approximate surface area is 141 Å². The molecule has 0 spiro atoms. The van der Waals surface area contributed by atoms with Crippen molar-refractivity contribution in [3.05, 3.63) is 17.4 Å². The van der Waals surface area contributed by atoms with Crippen molar-refractivity contribution >= 4 is 17.6 Å². The van der Waals surface area contributed by atoms with Crippen molar-refractivity contribution in [3.8, 4) is 6.01 Å². The molecule has 3 rings (SSSR count). The number of nitrogens with one attached hydrogen (secondary N) is 1. The highest BCUT2D eigenvalue weighted by Gasteiger charge is 2.26. The number of amides is 2. The minimum absolute atomic E-state index is 0.0508. The normalized spacial score (nSPS) is 20.3. The standard InChI is InChI=1S/C16H23ClN4O2/c17-12-10-18-15(19-11-12)23-14-6-8-21(9-7-14)16(22)20-13-4-2-1-3-5-13/h10-11,13-14H,1-9H2,(H,20,22). The molecule has 2 heterocycles. The van der Waals surface area contributed by atoms with Crippen LogP contribution in [0.1, 0.15) is 44.9 Å². The molecule has 1 N–H and O–H groups in total. The number of piperidine rings is 1. The van der Waals surface area contributed by atoms with Gasteiger partial charge in [-0.1, -0.05) is 30.9 Å². The van der Waals surface area contributed by atoms with Crippen LogP contribution in [0, 0.1) is 0 Å². The zero-order valence-electron chi connectivity index (χ0n) is 13.2. The molecule has 2 amide bonds. The third kappa shape index (κ3) is 4.70. The summed E-state index contributed by atoms with van der Waals surface area (Å²) in [5.74, 6) is 0. The van der Waals surface area contributed by atoms with Crippen LogP contribution in [0.5, 0.6) is 6.01 Å². The van der Waals surface area contributed by atoms with Crippen LogP contribution in [-0.2, 0) is 0 Å². The summed E-state index contributed by atoms with van der Waals surface area (Å²) < 4.78 is 5.75. The molecule has 1 aliphatic carbocycles. The highest BCUT2D eigenvalue weighted by molar-refractivity contribution is 6.30. The van der Waals surface area contributed by atoms with E-state index in [0.717, 1.165) is 25.7 Å². The molecule has 6 nitrogen and oxygen atoms in total. The Kier molecular flexibility index (Phi) is 5.54. The lowest BCUT2D eigenvalue weighted by atomic mass is 9.96. The van der Waals surface area contributed by atoms with E-state index in [4.69, 9.17) is 16.3 Å². The fourth-order valence-electron chi connectivity index (χ4n) is 3.20. The zero-order chi connectivity index (χ0) is 16.1. The van der Waals surface area contributed by atoms with Crippen LogP contribution in [0.4, 0.5) is 4.79 Å². The number of nitrogens with zero attached hydrogens (tertiary/aromatic N) is 3. The van der Waals surface area contributed by atoms with Crippen molar-refractivity contribution in [1.82, 2.24) is 20.2 Å². The predicted molar refractivity (Wildman–Crippen MR) is 87.7 cm³/mol. The molecule has 1 aromatic heterocycles. The monoisotopic (exact) mass is 338 g/mol. The third-order valence-corrected chi connectivity index (χ3v) is 4.73. The molecule has 2 aliphatic rings. The molecule has 1 saturated heterocycles. The Balaban J connectivity index is 1.42. The van der Waals surface area contributed by atoms with E-state index >= 15 is 0 Å². The van der Waals surface area contributed by atoms with E-state index in [1.54, 1.807) is 0 Å². The smallest absolute Gasteiger partial charge is 0.317 e. The summed E-state index contributed by atoms with van der Waals surface area (Å²) in [5, 5.41) is 3.66. The number of hydrogen-bond donors (Lipinski definition) is 1. The maximum atomic E-state index is 12.3. The average molecular weight is 339 g/mol. The van der Waals surface area contributed by atoms with E-state index < -0.39 is 0 Å². The fraction of sp³-hybridized carbons (Fsp3) is 0.688. The number of likely N-dealkylation sites (tertiary alicyclic amines) is 1. The van der Waals surface area contributed by atoms with E-state index in [-0.39, 0.29) is 12.1 Å². The van der Waals surface area contributed by atoms with E-state index in [1.807, 2.05) is 4.90 Å². The van der Waals surface area contributed by atoms with Gasteiger partial charge in [0.25, 0.3) is 0 Å². The summed E-state index contributed by atoms with van der Waals surface area (Å²) in [4.78, 5) is 22.3. The first-order valence-corrected chi connectivity index (χ1v) is 8.78. The molecule has 2 fully saturated rings. The van der Waals surface area contributed by atoms with Crippen LogP contribution in [-0.4, -0.2) is 46.1 Å². The van der Waals surface area contributed by atoms with Gasteiger partial charge < -0.3 is 15.0 Å². The average Bonchev–Trinajstić information content (AvgIpc) is 2.58. The Bertz CT molecular complexity index is 511. The molecule has 1 aromatic rings. The molecular formula is C16H23ClN4O2. The van der Waals surface area contributed by atoms with Crippen LogP contribution in [0.2, 0.25) is 5.02 Å². The van der Waals surface area contributed by atoms with Crippen LogP contribution in [0.3, 0.4) is 0 Å². The van der Waals surface area contributed by atoms with Gasteiger partial charge in [0.1, 0.15) is 6.10 Å². The lowest BCUT2D eigenvalue weighted by Crippen LogP contribution is -2.49. The highest BCUT2D eigenvalue weighted by Crippen LogP contribution is 2.19. The first-order valence-electron chi connectivity index (χ1n) is 8.40. The minimum atomic E-state index is 0.0508. The van der Waals surface area contributed by atoms with Gasteiger partial charge in [-0.2, -0.15) is 0 Å². The SMILES string of the molecule is O=C(NC1CCCCC1)N1CCC(Oc2ncc(Cl)cn2)CC1. The Morgan fingerprint density at radius 1 is 1.13 bits per heavy atom. The highest BCUT2D eigenvalue weighted by atomic mass is 35.5. The second kappa shape index (κ2) is 7.81. The van der Waals surface area contributed by atoms with Crippen molar-refractivity contribution in [2.75, 3.05) is 13.1 Å². The van der Waals surface area contributed by atoms with Crippen LogP contribution >= 0.6 is 11.6 Å². The van der Waals surface area contributed by atoms with E-state index in [1.165, 1.54) is 31.7 Å². The Hall–Kier alpha value is -1.56. The maximum absolute atomic E-state index is 12.3. The summed E-state index contributed by atoms with van der Waals surface area (Å²) in [6, 6.07) is 0.769. The van der Waals surface area contributed by atoms with Crippen LogP contribution < -0.4 is 10.1 Å². The van der Waals surface area contributed by atoms with Gasteiger partial charge in [0.15, 0.2) is 0 Å². The van der Waals surface area contributed by atoms with Gasteiger partial charge >= 0.3 is 12.0 Å². The van der Waals surface area contributed by atoms with Crippen LogP contribution in [0.15, 0.2) is 12.4 Å². The minimum Gasteiger partial charge on any atom is -0.460 e. The molecule has 23 heavy (non-hydrogen) atoms. The number of carbonyl (C=O) groups excluding carboxylic acids is 1. The summed E-state index contributed by atoms with van der Waals surface area (Å²) in [6.07, 6.45) is 10.7. The molecule has 126 valence electrons. The zero-order valence-corrected chi connectivity index (χ0v) is 14.0. The summed E-state index contributed by atoms with van der Waals surface area (Å²) in [7, 11) is 0. The summed E-state index contributed by atoms with van der Waals surface area (Å²) in [6.45, 7) is 1.41. The Morgan fingerprint density at radius 3 is 2.43 bits per heavy atom. The predicted octanol–water partition coefficient (Wildman–Crippen LogP) is 3.02. The molecule has 0 bridgehead atoms. The molecule has 0 atom stereocenters. The molecule has 0 unspecified atom stereocenters. The first kappa shape index (κ1) is 16.3. The van der Waals surface area contributed by atoms with Gasteiger partial charge in [-0.15, -0.1) is 0 Å². The maximum Gasteiger partial charge on any atom is 0.317 e. The van der Waals surface area contributed by atoms with Crippen LogP contribution in [0.25, 0.3) is 0 Å². The molecular weight excluding hydrogens is 316 g/mol. The van der Waals surface area contributed by atoms with Crippen molar-refractivity contribution in [3.63, 3.8) is 0 Å². The first-order chi connectivity index (χ1) is 11.2. The number of halogens is 1. The van der Waals surface area contributed by atoms with Crippen molar-refractivity contribution in [2.45, 2.75) is 57.1 Å². The number of rotatable bonds is 3. The lowest BCUT2D eigenvalue weighted by molar-refractivity contribution is 0.102. The van der Waals surface area contributed by atoms with E-state index in [9.17, 15) is 4.79 Å². The van der Waals surface area contributed by atoms with Gasteiger partial charge in [0, 0.05) is 32.0 Å². The number of hydrogen-bond acceptors (Lipinski definition) is 4. The number of carbonyl (C=O) groups is 1.